The third-order valence-electron chi connectivity index (χ3n) is 3.88. The van der Waals surface area contributed by atoms with E-state index in [-0.39, 0.29) is 12.4 Å². The number of nitrogens with one attached hydrogen (secondary N) is 1. The maximum Gasteiger partial charge on any atom is 0.161 e. The summed E-state index contributed by atoms with van der Waals surface area (Å²) >= 11 is 0. The summed E-state index contributed by atoms with van der Waals surface area (Å²) in [6.07, 6.45) is 1.65. The van der Waals surface area contributed by atoms with Crippen LogP contribution < -0.4 is 14.8 Å². The highest BCUT2D eigenvalue weighted by molar-refractivity contribution is 5.94. The van der Waals surface area contributed by atoms with Gasteiger partial charge < -0.3 is 19.9 Å². The molecule has 136 valence electrons. The van der Waals surface area contributed by atoms with Crippen molar-refractivity contribution in [3.63, 3.8) is 0 Å². The zero-order chi connectivity index (χ0) is 18.1. The van der Waals surface area contributed by atoms with Gasteiger partial charge in [-0.05, 0) is 50.8 Å². The third kappa shape index (κ3) is 7.32. The summed E-state index contributed by atoms with van der Waals surface area (Å²) in [6, 6.07) is 5.40. The molecule has 0 aliphatic rings. The van der Waals surface area contributed by atoms with E-state index < -0.39 is 6.10 Å². The Morgan fingerprint density at radius 3 is 2.50 bits per heavy atom. The van der Waals surface area contributed by atoms with E-state index in [1.54, 1.807) is 18.2 Å². The lowest BCUT2D eigenvalue weighted by molar-refractivity contribution is 0.100. The quantitative estimate of drug-likeness (QED) is 0.608. The Kier molecular flexibility index (Phi) is 8.79. The highest BCUT2D eigenvalue weighted by atomic mass is 16.5. The van der Waals surface area contributed by atoms with Crippen LogP contribution in [0.15, 0.2) is 18.2 Å². The van der Waals surface area contributed by atoms with E-state index in [0.29, 0.717) is 35.6 Å². The number of hydrogen-bond acceptors (Lipinski definition) is 5. The first-order valence-electron chi connectivity index (χ1n) is 8.56. The number of benzene rings is 1. The van der Waals surface area contributed by atoms with Gasteiger partial charge in [-0.2, -0.15) is 0 Å². The molecule has 1 rings (SSSR count). The molecule has 0 bridgehead atoms. The number of aliphatic hydroxyl groups is 1. The zero-order valence-electron chi connectivity index (χ0n) is 15.5. The van der Waals surface area contributed by atoms with Crippen LogP contribution in [0.25, 0.3) is 0 Å². The summed E-state index contributed by atoms with van der Waals surface area (Å²) in [6.45, 7) is 8.69. The van der Waals surface area contributed by atoms with E-state index >= 15 is 0 Å². The fraction of sp³-hybridized carbons (Fsp3) is 0.632. The molecule has 0 fully saturated rings. The molecule has 0 saturated heterocycles. The normalized spacial score (nSPS) is 13.6. The predicted molar refractivity (Wildman–Crippen MR) is 96.0 cm³/mol. The summed E-state index contributed by atoms with van der Waals surface area (Å²) in [4.78, 5) is 11.4. The smallest absolute Gasteiger partial charge is 0.161 e. The van der Waals surface area contributed by atoms with Gasteiger partial charge in [-0.15, -0.1) is 0 Å². The van der Waals surface area contributed by atoms with Gasteiger partial charge in [-0.1, -0.05) is 13.8 Å². The van der Waals surface area contributed by atoms with Gasteiger partial charge in [-0.3, -0.25) is 4.79 Å². The second-order valence-electron chi connectivity index (χ2n) is 6.67. The summed E-state index contributed by atoms with van der Waals surface area (Å²) in [5, 5.41) is 13.4. The van der Waals surface area contributed by atoms with Gasteiger partial charge in [0.25, 0.3) is 0 Å². The highest BCUT2D eigenvalue weighted by Crippen LogP contribution is 2.28. The molecule has 0 radical (unpaired) electrons. The maximum atomic E-state index is 11.4. The standard InChI is InChI=1S/C19H31NO4/c1-13(2)6-7-14(3)20-11-17(22)12-24-18-9-8-16(15(4)21)10-19(18)23-5/h8-10,13-14,17,20,22H,6-7,11-12H2,1-5H3/t14-,17-/m0/s1. The van der Waals surface area contributed by atoms with Crippen LogP contribution in [0.1, 0.15) is 50.9 Å². The van der Waals surface area contributed by atoms with Crippen LogP contribution in [0, 0.1) is 5.92 Å². The lowest BCUT2D eigenvalue weighted by atomic mass is 10.0. The zero-order valence-corrected chi connectivity index (χ0v) is 15.5. The lowest BCUT2D eigenvalue weighted by Gasteiger charge is -2.19. The van der Waals surface area contributed by atoms with Crippen molar-refractivity contribution in [2.45, 2.75) is 52.7 Å². The van der Waals surface area contributed by atoms with E-state index in [1.165, 1.54) is 20.5 Å². The minimum Gasteiger partial charge on any atom is -0.493 e. The van der Waals surface area contributed by atoms with Crippen molar-refractivity contribution < 1.29 is 19.4 Å². The van der Waals surface area contributed by atoms with E-state index in [9.17, 15) is 9.90 Å². The minimum absolute atomic E-state index is 0.0283. The van der Waals surface area contributed by atoms with Crippen LogP contribution in [0.5, 0.6) is 11.5 Å². The van der Waals surface area contributed by atoms with Crippen LogP contribution in [0.2, 0.25) is 0 Å². The van der Waals surface area contributed by atoms with Crippen molar-refractivity contribution in [2.75, 3.05) is 20.3 Å². The van der Waals surface area contributed by atoms with Gasteiger partial charge in [0, 0.05) is 18.2 Å². The Morgan fingerprint density at radius 2 is 1.92 bits per heavy atom. The first-order valence-corrected chi connectivity index (χ1v) is 8.56. The van der Waals surface area contributed by atoms with Crippen LogP contribution >= 0.6 is 0 Å². The molecule has 0 spiro atoms. The molecule has 0 aliphatic carbocycles. The van der Waals surface area contributed by atoms with Crippen molar-refractivity contribution >= 4 is 5.78 Å². The molecule has 24 heavy (non-hydrogen) atoms. The van der Waals surface area contributed by atoms with E-state index in [4.69, 9.17) is 9.47 Å². The molecule has 1 aromatic rings. The van der Waals surface area contributed by atoms with Gasteiger partial charge in [-0.25, -0.2) is 0 Å². The van der Waals surface area contributed by atoms with E-state index in [0.717, 1.165) is 6.42 Å². The second kappa shape index (κ2) is 10.3. The molecular formula is C19H31NO4. The van der Waals surface area contributed by atoms with Crippen LogP contribution in [-0.4, -0.2) is 43.3 Å². The van der Waals surface area contributed by atoms with Crippen molar-refractivity contribution in [1.82, 2.24) is 5.32 Å². The van der Waals surface area contributed by atoms with E-state index in [1.807, 2.05) is 0 Å². The monoisotopic (exact) mass is 337 g/mol. The highest BCUT2D eigenvalue weighted by Gasteiger charge is 2.12. The van der Waals surface area contributed by atoms with Crippen molar-refractivity contribution in [2.24, 2.45) is 5.92 Å². The summed E-state index contributed by atoms with van der Waals surface area (Å²) in [5.74, 6) is 1.68. The molecule has 0 amide bonds. The first kappa shape index (κ1) is 20.5. The fourth-order valence-electron chi connectivity index (χ4n) is 2.27. The van der Waals surface area contributed by atoms with Gasteiger partial charge in [0.05, 0.1) is 7.11 Å². The molecule has 0 aliphatic heterocycles. The average Bonchev–Trinajstić information content (AvgIpc) is 2.55. The number of Topliss-reactive ketones (excluding diaryl/α,β-unsaturated/α-hetero) is 1. The van der Waals surface area contributed by atoms with Crippen LogP contribution in [-0.2, 0) is 0 Å². The first-order chi connectivity index (χ1) is 11.3. The van der Waals surface area contributed by atoms with Crippen LogP contribution in [0.4, 0.5) is 0 Å². The third-order valence-corrected chi connectivity index (χ3v) is 3.88. The predicted octanol–water partition coefficient (Wildman–Crippen LogP) is 3.05. The molecule has 0 unspecified atom stereocenters. The number of aliphatic hydroxyl groups excluding tert-OH is 1. The number of carbonyl (C=O) groups excluding carboxylic acids is 1. The number of carbonyl (C=O) groups is 1. The fourth-order valence-corrected chi connectivity index (χ4v) is 2.27. The second-order valence-corrected chi connectivity index (χ2v) is 6.67. The number of ether oxygens (including phenoxy) is 2. The summed E-state index contributed by atoms with van der Waals surface area (Å²) < 4.78 is 10.9. The number of rotatable bonds is 11. The number of methoxy groups -OCH3 is 1. The maximum absolute atomic E-state index is 11.4. The average molecular weight is 337 g/mol. The number of ketones is 1. The Balaban J connectivity index is 2.43. The Labute approximate surface area is 145 Å². The lowest BCUT2D eigenvalue weighted by Crippen LogP contribution is -2.36. The largest absolute Gasteiger partial charge is 0.493 e. The molecule has 2 N–H and O–H groups in total. The molecular weight excluding hydrogens is 306 g/mol. The van der Waals surface area contributed by atoms with Gasteiger partial charge in [0.15, 0.2) is 17.3 Å². The summed E-state index contributed by atoms with van der Waals surface area (Å²) in [5.41, 5.74) is 0.570. The molecule has 5 heteroatoms. The van der Waals surface area contributed by atoms with Crippen molar-refractivity contribution in [3.8, 4) is 11.5 Å². The Bertz CT molecular complexity index is 516. The molecule has 0 saturated carbocycles. The van der Waals surface area contributed by atoms with Crippen LogP contribution in [0.3, 0.4) is 0 Å². The van der Waals surface area contributed by atoms with Crippen molar-refractivity contribution in [1.29, 1.82) is 0 Å². The van der Waals surface area contributed by atoms with Gasteiger partial charge in [0.1, 0.15) is 12.7 Å². The van der Waals surface area contributed by atoms with Crippen molar-refractivity contribution in [3.05, 3.63) is 23.8 Å². The molecule has 0 heterocycles. The Morgan fingerprint density at radius 1 is 1.21 bits per heavy atom. The molecule has 0 aromatic heterocycles. The molecule has 5 nitrogen and oxygen atoms in total. The topological polar surface area (TPSA) is 67.8 Å². The molecule has 1 aromatic carbocycles. The SMILES string of the molecule is COc1cc(C(C)=O)ccc1OC[C@@H](O)CN[C@@H](C)CCC(C)C. The minimum atomic E-state index is -0.608. The van der Waals surface area contributed by atoms with Gasteiger partial charge >= 0.3 is 0 Å². The molecule has 2 atom stereocenters. The van der Waals surface area contributed by atoms with Gasteiger partial charge in [0.2, 0.25) is 0 Å². The Hall–Kier alpha value is -1.59. The number of hydrogen-bond donors (Lipinski definition) is 2. The summed E-state index contributed by atoms with van der Waals surface area (Å²) in [7, 11) is 1.53. The van der Waals surface area contributed by atoms with E-state index in [2.05, 4.69) is 26.1 Å².